The van der Waals surface area contributed by atoms with Crippen LogP contribution < -0.4 is 10.1 Å². The maximum absolute atomic E-state index is 12.6. The van der Waals surface area contributed by atoms with Gasteiger partial charge in [-0.05, 0) is 56.0 Å². The average molecular weight is 418 g/mol. The second-order valence-corrected chi connectivity index (χ2v) is 7.76. The van der Waals surface area contributed by atoms with Crippen molar-refractivity contribution in [2.24, 2.45) is 0 Å². The molecule has 1 aliphatic carbocycles. The molecule has 1 aromatic heterocycles. The Morgan fingerprint density at radius 1 is 1.07 bits per heavy atom. The molecular weight excluding hydrogens is 394 g/mol. The maximum atomic E-state index is 12.6. The van der Waals surface area contributed by atoms with Gasteiger partial charge in [0.15, 0.2) is 5.76 Å². The van der Waals surface area contributed by atoms with Gasteiger partial charge in [0.25, 0.3) is 5.91 Å². The summed E-state index contributed by atoms with van der Waals surface area (Å²) in [6, 6.07) is 8.43. The molecule has 154 valence electrons. The molecule has 1 saturated heterocycles. The molecule has 1 aliphatic heterocycles. The number of piperazine rings is 1. The minimum atomic E-state index is -0.212. The Kier molecular flexibility index (Phi) is 5.94. The molecule has 0 atom stereocenters. The van der Waals surface area contributed by atoms with E-state index < -0.39 is 0 Å². The molecule has 2 aliphatic rings. The molecule has 7 nitrogen and oxygen atoms in total. The highest BCUT2D eigenvalue weighted by molar-refractivity contribution is 6.32. The number of rotatable bonds is 4. The first-order valence-electron chi connectivity index (χ1n) is 9.95. The van der Waals surface area contributed by atoms with Crippen molar-refractivity contribution in [2.75, 3.05) is 31.5 Å². The third kappa shape index (κ3) is 4.67. The first-order valence-corrected chi connectivity index (χ1v) is 10.3. The number of carbonyl (C=O) groups excluding carboxylic acids is 2. The highest BCUT2D eigenvalue weighted by Crippen LogP contribution is 2.31. The molecular formula is C21H24ClN3O4. The van der Waals surface area contributed by atoms with Gasteiger partial charge in [-0.2, -0.15) is 0 Å². The smallest absolute Gasteiger partial charge is 0.321 e. The summed E-state index contributed by atoms with van der Waals surface area (Å²) in [7, 11) is 0. The minimum absolute atomic E-state index is 0.153. The summed E-state index contributed by atoms with van der Waals surface area (Å²) in [6.45, 7) is 1.83. The predicted octanol–water partition coefficient (Wildman–Crippen LogP) is 4.24. The molecule has 8 heteroatoms. The van der Waals surface area contributed by atoms with E-state index in [-0.39, 0.29) is 18.0 Å². The average Bonchev–Trinajstić information content (AvgIpc) is 3.44. The van der Waals surface area contributed by atoms with Crippen LogP contribution in [0, 0.1) is 0 Å². The quantitative estimate of drug-likeness (QED) is 0.807. The summed E-state index contributed by atoms with van der Waals surface area (Å²) in [4.78, 5) is 28.2. The van der Waals surface area contributed by atoms with E-state index >= 15 is 0 Å². The first kappa shape index (κ1) is 19.6. The number of ether oxygens (including phenoxy) is 1. The van der Waals surface area contributed by atoms with Crippen LogP contribution in [0.4, 0.5) is 10.5 Å². The topological polar surface area (TPSA) is 75.0 Å². The van der Waals surface area contributed by atoms with Crippen LogP contribution in [0.3, 0.4) is 0 Å². The number of nitrogens with zero attached hydrogens (tertiary/aromatic N) is 2. The van der Waals surface area contributed by atoms with Crippen LogP contribution in [0.25, 0.3) is 0 Å². The summed E-state index contributed by atoms with van der Waals surface area (Å²) >= 11 is 6.34. The Labute approximate surface area is 174 Å². The summed E-state index contributed by atoms with van der Waals surface area (Å²) in [5, 5.41) is 3.36. The third-order valence-corrected chi connectivity index (χ3v) is 5.66. The fourth-order valence-corrected chi connectivity index (χ4v) is 3.96. The molecule has 0 bridgehead atoms. The molecule has 2 aromatic rings. The fraction of sp³-hybridized carbons (Fsp3) is 0.429. The SMILES string of the molecule is O=C(Nc1ccc(OC2CCCC2)c(Cl)c1)N1CCN(C(=O)c2ccco2)CC1. The number of amides is 3. The molecule has 1 aromatic carbocycles. The minimum Gasteiger partial charge on any atom is -0.489 e. The lowest BCUT2D eigenvalue weighted by Gasteiger charge is -2.34. The number of halogens is 1. The second-order valence-electron chi connectivity index (χ2n) is 7.36. The van der Waals surface area contributed by atoms with E-state index in [4.69, 9.17) is 20.8 Å². The van der Waals surface area contributed by atoms with E-state index in [0.717, 1.165) is 12.8 Å². The number of hydrogen-bond donors (Lipinski definition) is 1. The van der Waals surface area contributed by atoms with E-state index in [1.165, 1.54) is 19.1 Å². The van der Waals surface area contributed by atoms with E-state index in [0.29, 0.717) is 48.4 Å². The van der Waals surface area contributed by atoms with Crippen molar-refractivity contribution in [2.45, 2.75) is 31.8 Å². The second kappa shape index (κ2) is 8.78. The summed E-state index contributed by atoms with van der Waals surface area (Å²) in [6.07, 6.45) is 6.21. The predicted molar refractivity (Wildman–Crippen MR) is 110 cm³/mol. The van der Waals surface area contributed by atoms with Gasteiger partial charge in [0, 0.05) is 31.9 Å². The number of urea groups is 1. The van der Waals surface area contributed by atoms with Crippen LogP contribution in [-0.4, -0.2) is 54.0 Å². The van der Waals surface area contributed by atoms with Gasteiger partial charge in [0.1, 0.15) is 5.75 Å². The molecule has 1 saturated carbocycles. The van der Waals surface area contributed by atoms with Crippen molar-refractivity contribution >= 4 is 29.2 Å². The highest BCUT2D eigenvalue weighted by atomic mass is 35.5. The molecule has 29 heavy (non-hydrogen) atoms. The zero-order valence-corrected chi connectivity index (χ0v) is 16.9. The Morgan fingerprint density at radius 3 is 2.45 bits per heavy atom. The Bertz CT molecular complexity index is 857. The molecule has 4 rings (SSSR count). The summed E-state index contributed by atoms with van der Waals surface area (Å²) in [5.74, 6) is 0.818. The van der Waals surface area contributed by atoms with Gasteiger partial charge < -0.3 is 24.3 Å². The lowest BCUT2D eigenvalue weighted by Crippen LogP contribution is -2.51. The largest absolute Gasteiger partial charge is 0.489 e. The zero-order valence-electron chi connectivity index (χ0n) is 16.1. The van der Waals surface area contributed by atoms with E-state index in [1.54, 1.807) is 40.1 Å². The molecule has 2 heterocycles. The Hall–Kier alpha value is -2.67. The molecule has 3 amide bonds. The maximum Gasteiger partial charge on any atom is 0.321 e. The van der Waals surface area contributed by atoms with Crippen molar-refractivity contribution in [3.05, 3.63) is 47.4 Å². The summed E-state index contributed by atoms with van der Waals surface area (Å²) in [5.41, 5.74) is 0.618. The number of benzene rings is 1. The third-order valence-electron chi connectivity index (χ3n) is 5.37. The Morgan fingerprint density at radius 2 is 1.79 bits per heavy atom. The molecule has 2 fully saturated rings. The van der Waals surface area contributed by atoms with Gasteiger partial charge in [0.05, 0.1) is 17.4 Å². The van der Waals surface area contributed by atoms with Crippen LogP contribution >= 0.6 is 11.6 Å². The number of hydrogen-bond acceptors (Lipinski definition) is 4. The molecule has 0 unspecified atom stereocenters. The van der Waals surface area contributed by atoms with Gasteiger partial charge in [-0.1, -0.05) is 11.6 Å². The van der Waals surface area contributed by atoms with Crippen molar-refractivity contribution < 1.29 is 18.7 Å². The van der Waals surface area contributed by atoms with E-state index in [9.17, 15) is 9.59 Å². The summed E-state index contributed by atoms with van der Waals surface area (Å²) < 4.78 is 11.1. The van der Waals surface area contributed by atoms with Gasteiger partial charge >= 0.3 is 6.03 Å². The molecule has 0 radical (unpaired) electrons. The van der Waals surface area contributed by atoms with Crippen LogP contribution in [0.2, 0.25) is 5.02 Å². The lowest BCUT2D eigenvalue weighted by molar-refractivity contribution is 0.0640. The first-order chi connectivity index (χ1) is 14.1. The molecule has 1 N–H and O–H groups in total. The Balaban J connectivity index is 1.29. The fourth-order valence-electron chi connectivity index (χ4n) is 3.73. The van der Waals surface area contributed by atoms with Crippen molar-refractivity contribution in [3.63, 3.8) is 0 Å². The highest BCUT2D eigenvalue weighted by Gasteiger charge is 2.26. The van der Waals surface area contributed by atoms with Crippen LogP contribution in [0.15, 0.2) is 41.0 Å². The monoisotopic (exact) mass is 417 g/mol. The number of furan rings is 1. The van der Waals surface area contributed by atoms with Gasteiger partial charge in [-0.15, -0.1) is 0 Å². The number of nitrogens with one attached hydrogen (secondary N) is 1. The van der Waals surface area contributed by atoms with Crippen LogP contribution in [0.1, 0.15) is 36.2 Å². The van der Waals surface area contributed by atoms with Gasteiger partial charge in [-0.3, -0.25) is 4.79 Å². The number of anilines is 1. The van der Waals surface area contributed by atoms with Gasteiger partial charge in [-0.25, -0.2) is 4.79 Å². The van der Waals surface area contributed by atoms with Gasteiger partial charge in [0.2, 0.25) is 0 Å². The van der Waals surface area contributed by atoms with E-state index in [1.807, 2.05) is 0 Å². The number of carbonyl (C=O) groups is 2. The zero-order chi connectivity index (χ0) is 20.2. The lowest BCUT2D eigenvalue weighted by atomic mass is 10.2. The van der Waals surface area contributed by atoms with E-state index in [2.05, 4.69) is 5.32 Å². The van der Waals surface area contributed by atoms with Crippen molar-refractivity contribution in [1.82, 2.24) is 9.80 Å². The normalized spacial score (nSPS) is 17.4. The van der Waals surface area contributed by atoms with Crippen LogP contribution in [0.5, 0.6) is 5.75 Å². The van der Waals surface area contributed by atoms with Crippen molar-refractivity contribution in [1.29, 1.82) is 0 Å². The van der Waals surface area contributed by atoms with Crippen LogP contribution in [-0.2, 0) is 0 Å². The van der Waals surface area contributed by atoms with Crippen molar-refractivity contribution in [3.8, 4) is 5.75 Å². The molecule has 0 spiro atoms. The standard InChI is InChI=1S/C21H24ClN3O4/c22-17-14-15(7-8-18(17)29-16-4-1-2-5-16)23-21(27)25-11-9-24(10-12-25)20(26)19-6-3-13-28-19/h3,6-8,13-14,16H,1-2,4-5,9-12H2,(H,23,27).